The summed E-state index contributed by atoms with van der Waals surface area (Å²) >= 11 is 0. The molecule has 0 spiro atoms. The molecule has 0 unspecified atom stereocenters. The standard InChI is InChI=1S/C31H38F2/c1-3-5-7-8-9-11-13-28-22-23-29(31(33)30(28)32)27-20-18-26(19-21-27)25-16-14-24(15-17-25)12-10-6-4-2/h14-23H,3-13H2,1-2H3. The summed E-state index contributed by atoms with van der Waals surface area (Å²) in [4.78, 5) is 0. The van der Waals surface area contributed by atoms with Crippen molar-refractivity contribution in [3.8, 4) is 22.3 Å². The third-order valence-electron chi connectivity index (χ3n) is 6.51. The molecular formula is C31H38F2. The van der Waals surface area contributed by atoms with Crippen molar-refractivity contribution < 1.29 is 8.78 Å². The van der Waals surface area contributed by atoms with Crippen LogP contribution in [0.15, 0.2) is 60.7 Å². The molecule has 0 aliphatic rings. The first kappa shape index (κ1) is 25.1. The summed E-state index contributed by atoms with van der Waals surface area (Å²) in [6.07, 6.45) is 12.3. The van der Waals surface area contributed by atoms with Crippen molar-refractivity contribution in [3.05, 3.63) is 83.4 Å². The lowest BCUT2D eigenvalue weighted by Crippen LogP contribution is -1.98. The van der Waals surface area contributed by atoms with Gasteiger partial charge in [-0.05, 0) is 53.5 Å². The molecule has 0 heterocycles. The number of halogens is 2. The number of aryl methyl sites for hydroxylation is 2. The minimum atomic E-state index is -0.734. The molecule has 0 N–H and O–H groups in total. The molecule has 3 rings (SSSR count). The van der Waals surface area contributed by atoms with E-state index in [1.807, 2.05) is 24.3 Å². The number of rotatable bonds is 13. The Morgan fingerprint density at radius 1 is 0.485 bits per heavy atom. The Morgan fingerprint density at radius 3 is 1.67 bits per heavy atom. The van der Waals surface area contributed by atoms with Gasteiger partial charge in [-0.15, -0.1) is 0 Å². The summed E-state index contributed by atoms with van der Waals surface area (Å²) in [5.74, 6) is -1.42. The van der Waals surface area contributed by atoms with Crippen LogP contribution in [0.5, 0.6) is 0 Å². The SMILES string of the molecule is CCCCCCCCc1ccc(-c2ccc(-c3ccc(CCCCC)cc3)cc2)c(F)c1F. The van der Waals surface area contributed by atoms with Crippen LogP contribution in [-0.4, -0.2) is 0 Å². The summed E-state index contributed by atoms with van der Waals surface area (Å²) in [7, 11) is 0. The molecular weight excluding hydrogens is 410 g/mol. The van der Waals surface area contributed by atoms with E-state index in [0.29, 0.717) is 23.1 Å². The van der Waals surface area contributed by atoms with Crippen LogP contribution in [0.1, 0.15) is 82.8 Å². The molecule has 0 aromatic heterocycles. The fourth-order valence-corrected chi connectivity index (χ4v) is 4.39. The van der Waals surface area contributed by atoms with Crippen molar-refractivity contribution in [2.24, 2.45) is 0 Å². The number of hydrogen-bond acceptors (Lipinski definition) is 0. The van der Waals surface area contributed by atoms with Gasteiger partial charge in [0.15, 0.2) is 11.6 Å². The lowest BCUT2D eigenvalue weighted by molar-refractivity contribution is 0.497. The zero-order valence-electron chi connectivity index (χ0n) is 20.3. The van der Waals surface area contributed by atoms with Gasteiger partial charge in [-0.25, -0.2) is 8.78 Å². The van der Waals surface area contributed by atoms with E-state index in [4.69, 9.17) is 0 Å². The van der Waals surface area contributed by atoms with E-state index in [2.05, 4.69) is 38.1 Å². The molecule has 0 saturated heterocycles. The van der Waals surface area contributed by atoms with Crippen LogP contribution in [0.3, 0.4) is 0 Å². The fourth-order valence-electron chi connectivity index (χ4n) is 4.39. The van der Waals surface area contributed by atoms with E-state index in [-0.39, 0.29) is 0 Å². The molecule has 0 amide bonds. The lowest BCUT2D eigenvalue weighted by atomic mass is 9.96. The highest BCUT2D eigenvalue weighted by Crippen LogP contribution is 2.30. The van der Waals surface area contributed by atoms with Gasteiger partial charge in [-0.2, -0.15) is 0 Å². The van der Waals surface area contributed by atoms with Gasteiger partial charge < -0.3 is 0 Å². The topological polar surface area (TPSA) is 0 Å². The van der Waals surface area contributed by atoms with Crippen LogP contribution >= 0.6 is 0 Å². The molecule has 0 nitrogen and oxygen atoms in total. The molecule has 3 aromatic rings. The molecule has 33 heavy (non-hydrogen) atoms. The minimum absolute atomic E-state index is 0.331. The smallest absolute Gasteiger partial charge is 0.166 e. The van der Waals surface area contributed by atoms with Crippen LogP contribution in [-0.2, 0) is 12.8 Å². The maximum absolute atomic E-state index is 14.8. The zero-order valence-corrected chi connectivity index (χ0v) is 20.3. The molecule has 0 fully saturated rings. The van der Waals surface area contributed by atoms with Crippen LogP contribution < -0.4 is 0 Å². The fraction of sp³-hybridized carbons (Fsp3) is 0.419. The van der Waals surface area contributed by atoms with E-state index >= 15 is 0 Å². The molecule has 3 aromatic carbocycles. The Morgan fingerprint density at radius 2 is 1.00 bits per heavy atom. The summed E-state index contributed by atoms with van der Waals surface area (Å²) in [5, 5.41) is 0. The van der Waals surface area contributed by atoms with Gasteiger partial charge in [-0.1, -0.05) is 119 Å². The van der Waals surface area contributed by atoms with Gasteiger partial charge in [0.1, 0.15) is 0 Å². The Bertz CT molecular complexity index is 971. The van der Waals surface area contributed by atoms with Crippen molar-refractivity contribution in [3.63, 3.8) is 0 Å². The normalized spacial score (nSPS) is 11.2. The van der Waals surface area contributed by atoms with Gasteiger partial charge in [-0.3, -0.25) is 0 Å². The summed E-state index contributed by atoms with van der Waals surface area (Å²) < 4.78 is 29.5. The predicted octanol–water partition coefficient (Wildman–Crippen LogP) is 9.93. The summed E-state index contributed by atoms with van der Waals surface area (Å²) in [6.45, 7) is 4.41. The van der Waals surface area contributed by atoms with Gasteiger partial charge >= 0.3 is 0 Å². The average Bonchev–Trinajstić information content (AvgIpc) is 2.85. The van der Waals surface area contributed by atoms with Gasteiger partial charge in [0.25, 0.3) is 0 Å². The Kier molecular flexibility index (Phi) is 10.1. The van der Waals surface area contributed by atoms with Gasteiger partial charge in [0.05, 0.1) is 0 Å². The van der Waals surface area contributed by atoms with E-state index in [9.17, 15) is 8.78 Å². The first-order valence-corrected chi connectivity index (χ1v) is 12.8. The van der Waals surface area contributed by atoms with Crippen LogP contribution in [0.4, 0.5) is 8.78 Å². The Hall–Kier alpha value is -2.48. The van der Waals surface area contributed by atoms with Crippen molar-refractivity contribution in [2.75, 3.05) is 0 Å². The highest BCUT2D eigenvalue weighted by atomic mass is 19.2. The van der Waals surface area contributed by atoms with Crippen molar-refractivity contribution >= 4 is 0 Å². The molecule has 0 radical (unpaired) electrons. The summed E-state index contributed by atoms with van der Waals surface area (Å²) in [5.41, 5.74) is 5.11. The second kappa shape index (κ2) is 13.3. The lowest BCUT2D eigenvalue weighted by Gasteiger charge is -2.10. The van der Waals surface area contributed by atoms with Gasteiger partial charge in [0, 0.05) is 5.56 Å². The largest absolute Gasteiger partial charge is 0.203 e. The molecule has 2 heteroatoms. The molecule has 0 saturated carbocycles. The molecule has 0 aliphatic carbocycles. The molecule has 0 aliphatic heterocycles. The molecule has 176 valence electrons. The quantitative estimate of drug-likeness (QED) is 0.228. The van der Waals surface area contributed by atoms with E-state index in [0.717, 1.165) is 30.4 Å². The second-order valence-corrected chi connectivity index (χ2v) is 9.15. The van der Waals surface area contributed by atoms with E-state index in [1.165, 1.54) is 50.5 Å². The van der Waals surface area contributed by atoms with E-state index in [1.54, 1.807) is 12.1 Å². The second-order valence-electron chi connectivity index (χ2n) is 9.15. The Labute approximate surface area is 199 Å². The third-order valence-corrected chi connectivity index (χ3v) is 6.51. The highest BCUT2D eigenvalue weighted by molar-refractivity contribution is 5.71. The van der Waals surface area contributed by atoms with Gasteiger partial charge in [0.2, 0.25) is 0 Å². The summed E-state index contributed by atoms with van der Waals surface area (Å²) in [6, 6.07) is 19.9. The van der Waals surface area contributed by atoms with Crippen molar-refractivity contribution in [2.45, 2.75) is 84.5 Å². The van der Waals surface area contributed by atoms with Crippen molar-refractivity contribution in [1.82, 2.24) is 0 Å². The number of unbranched alkanes of at least 4 members (excludes halogenated alkanes) is 7. The zero-order chi connectivity index (χ0) is 23.5. The van der Waals surface area contributed by atoms with E-state index < -0.39 is 11.6 Å². The average molecular weight is 449 g/mol. The maximum atomic E-state index is 14.8. The first-order valence-electron chi connectivity index (χ1n) is 12.8. The monoisotopic (exact) mass is 448 g/mol. The predicted molar refractivity (Wildman–Crippen MR) is 138 cm³/mol. The molecule has 0 bridgehead atoms. The van der Waals surface area contributed by atoms with Crippen molar-refractivity contribution in [1.29, 1.82) is 0 Å². The van der Waals surface area contributed by atoms with Crippen LogP contribution in [0, 0.1) is 11.6 Å². The maximum Gasteiger partial charge on any atom is 0.166 e. The van der Waals surface area contributed by atoms with Crippen LogP contribution in [0.2, 0.25) is 0 Å². The minimum Gasteiger partial charge on any atom is -0.203 e. The highest BCUT2D eigenvalue weighted by Gasteiger charge is 2.14. The van der Waals surface area contributed by atoms with Crippen LogP contribution in [0.25, 0.3) is 22.3 Å². The Balaban J connectivity index is 1.63. The number of hydrogen-bond donors (Lipinski definition) is 0. The first-order chi connectivity index (χ1) is 16.1. The third kappa shape index (κ3) is 7.25. The molecule has 0 atom stereocenters. The number of benzene rings is 3.